The summed E-state index contributed by atoms with van der Waals surface area (Å²) in [7, 11) is 0. The molecule has 18 heavy (non-hydrogen) atoms. The van der Waals surface area contributed by atoms with E-state index < -0.39 is 5.24 Å². The molecule has 0 saturated carbocycles. The zero-order chi connectivity index (χ0) is 13.0. The molecule has 0 bridgehead atoms. The second-order valence-corrected chi connectivity index (χ2v) is 4.32. The molecule has 3 heteroatoms. The van der Waals surface area contributed by atoms with Crippen molar-refractivity contribution in [2.45, 2.75) is 0 Å². The van der Waals surface area contributed by atoms with Crippen LogP contribution in [-0.4, -0.2) is 11.0 Å². The Hall–Kier alpha value is -1.93. The predicted molar refractivity (Wildman–Crippen MR) is 74.8 cm³/mol. The van der Waals surface area contributed by atoms with Gasteiger partial charge in [-0.1, -0.05) is 48.6 Å². The van der Waals surface area contributed by atoms with Gasteiger partial charge in [0.15, 0.2) is 0 Å². The maximum absolute atomic E-state index is 11.1. The fourth-order valence-electron chi connectivity index (χ4n) is 1.70. The largest absolute Gasteiger partial charge is 0.304 e. The number of carbonyl (C=O) groups excluding carboxylic acids is 1. The van der Waals surface area contributed by atoms with Crippen molar-refractivity contribution in [3.63, 3.8) is 0 Å². The van der Waals surface area contributed by atoms with E-state index in [9.17, 15) is 4.79 Å². The number of hydrogen-bond donors (Lipinski definition) is 1. The van der Waals surface area contributed by atoms with Crippen LogP contribution in [0.1, 0.15) is 5.56 Å². The van der Waals surface area contributed by atoms with E-state index in [1.807, 2.05) is 42.5 Å². The zero-order valence-electron chi connectivity index (χ0n) is 9.64. The number of benzene rings is 1. The monoisotopic (exact) mass is 257 g/mol. The van der Waals surface area contributed by atoms with Crippen LogP contribution in [0.15, 0.2) is 60.2 Å². The summed E-state index contributed by atoms with van der Waals surface area (Å²) in [6, 6.07) is 9.82. The molecule has 1 atom stereocenters. The summed E-state index contributed by atoms with van der Waals surface area (Å²) in [5.41, 5.74) is 1.95. The van der Waals surface area contributed by atoms with Crippen LogP contribution in [0.2, 0.25) is 0 Å². The van der Waals surface area contributed by atoms with Crippen molar-refractivity contribution in [3.8, 4) is 0 Å². The van der Waals surface area contributed by atoms with Crippen molar-refractivity contribution in [2.24, 2.45) is 5.92 Å². The molecule has 0 fully saturated rings. The Bertz CT molecular complexity index is 555. The van der Waals surface area contributed by atoms with E-state index in [4.69, 9.17) is 17.0 Å². The van der Waals surface area contributed by atoms with Crippen LogP contribution in [-0.2, 0) is 4.79 Å². The van der Waals surface area contributed by atoms with Gasteiger partial charge in [-0.25, -0.2) is 0 Å². The number of carbonyl (C=O) groups is 1. The molecule has 1 unspecified atom stereocenters. The lowest BCUT2D eigenvalue weighted by Gasteiger charge is -2.12. The van der Waals surface area contributed by atoms with Gasteiger partial charge in [0.1, 0.15) is 0 Å². The highest BCUT2D eigenvalue weighted by Crippen LogP contribution is 2.18. The second-order valence-electron chi connectivity index (χ2n) is 3.98. The van der Waals surface area contributed by atoms with Gasteiger partial charge in [-0.05, 0) is 29.3 Å². The number of nitrogens with one attached hydrogen (secondary N) is 1. The summed E-state index contributed by atoms with van der Waals surface area (Å²) in [5.74, 6) is -0.201. The Morgan fingerprint density at radius 2 is 1.94 bits per heavy atom. The lowest BCUT2D eigenvalue weighted by molar-refractivity contribution is -0.108. The normalized spacial score (nSPS) is 19.1. The van der Waals surface area contributed by atoms with Crippen molar-refractivity contribution in [1.29, 1.82) is 5.41 Å². The predicted octanol–water partition coefficient (Wildman–Crippen LogP) is 3.60. The summed E-state index contributed by atoms with van der Waals surface area (Å²) in [6.07, 6.45) is 8.71. The Morgan fingerprint density at radius 1 is 1.22 bits per heavy atom. The van der Waals surface area contributed by atoms with Gasteiger partial charge in [-0.2, -0.15) is 0 Å². The summed E-state index contributed by atoms with van der Waals surface area (Å²) in [4.78, 5) is 11.1. The molecule has 0 saturated heterocycles. The topological polar surface area (TPSA) is 40.9 Å². The van der Waals surface area contributed by atoms with E-state index in [2.05, 4.69) is 0 Å². The first kappa shape index (κ1) is 12.5. The highest BCUT2D eigenvalue weighted by atomic mass is 35.5. The van der Waals surface area contributed by atoms with Gasteiger partial charge < -0.3 is 5.41 Å². The Labute approximate surface area is 111 Å². The third-order valence-electron chi connectivity index (χ3n) is 2.68. The maximum atomic E-state index is 11.1. The summed E-state index contributed by atoms with van der Waals surface area (Å²) >= 11 is 5.43. The molecular formula is C15H12ClNO. The minimum atomic E-state index is -0.489. The van der Waals surface area contributed by atoms with Gasteiger partial charge in [0.2, 0.25) is 0 Å². The van der Waals surface area contributed by atoms with Crippen LogP contribution in [0.5, 0.6) is 0 Å². The Morgan fingerprint density at radius 3 is 2.61 bits per heavy atom. The molecule has 1 aromatic rings. The maximum Gasteiger partial charge on any atom is 0.252 e. The first-order valence-corrected chi connectivity index (χ1v) is 5.96. The molecule has 1 aliphatic carbocycles. The molecule has 0 amide bonds. The van der Waals surface area contributed by atoms with Crippen LogP contribution in [0, 0.1) is 11.3 Å². The van der Waals surface area contributed by atoms with E-state index in [1.165, 1.54) is 0 Å². The van der Waals surface area contributed by atoms with E-state index in [0.29, 0.717) is 11.3 Å². The molecule has 1 N–H and O–H groups in total. The zero-order valence-corrected chi connectivity index (χ0v) is 10.4. The van der Waals surface area contributed by atoms with Crippen LogP contribution < -0.4 is 0 Å². The second kappa shape index (κ2) is 5.61. The van der Waals surface area contributed by atoms with Gasteiger partial charge >= 0.3 is 0 Å². The number of rotatable bonds is 3. The SMILES string of the molecule is N=C1C=CC(C(=O)Cl)=CC1C=Cc1ccccc1. The molecule has 2 nitrogen and oxygen atoms in total. The highest BCUT2D eigenvalue weighted by Gasteiger charge is 2.14. The minimum Gasteiger partial charge on any atom is -0.304 e. The average molecular weight is 258 g/mol. The molecule has 90 valence electrons. The first-order chi connectivity index (χ1) is 8.66. The highest BCUT2D eigenvalue weighted by molar-refractivity contribution is 6.68. The molecule has 0 spiro atoms. The van der Waals surface area contributed by atoms with Crippen LogP contribution in [0.3, 0.4) is 0 Å². The number of allylic oxidation sites excluding steroid dienone is 5. The Kier molecular flexibility index (Phi) is 3.90. The van der Waals surface area contributed by atoms with Crippen LogP contribution in [0.4, 0.5) is 0 Å². The number of halogens is 1. The molecule has 0 aliphatic heterocycles. The van der Waals surface area contributed by atoms with E-state index in [0.717, 1.165) is 5.56 Å². The van der Waals surface area contributed by atoms with Gasteiger partial charge in [-0.3, -0.25) is 4.79 Å². The third kappa shape index (κ3) is 3.05. The Balaban J connectivity index is 2.18. The summed E-state index contributed by atoms with van der Waals surface area (Å²) < 4.78 is 0. The van der Waals surface area contributed by atoms with Crippen molar-refractivity contribution in [1.82, 2.24) is 0 Å². The first-order valence-electron chi connectivity index (χ1n) is 5.58. The van der Waals surface area contributed by atoms with Gasteiger partial charge in [0, 0.05) is 17.2 Å². The molecule has 1 aromatic carbocycles. The van der Waals surface area contributed by atoms with Crippen molar-refractivity contribution < 1.29 is 4.79 Å². The third-order valence-corrected chi connectivity index (χ3v) is 2.90. The van der Waals surface area contributed by atoms with E-state index in [-0.39, 0.29) is 5.92 Å². The van der Waals surface area contributed by atoms with E-state index >= 15 is 0 Å². The van der Waals surface area contributed by atoms with Gasteiger partial charge in [0.25, 0.3) is 5.24 Å². The van der Waals surface area contributed by atoms with Crippen LogP contribution >= 0.6 is 11.6 Å². The van der Waals surface area contributed by atoms with Crippen molar-refractivity contribution in [2.75, 3.05) is 0 Å². The molecular weight excluding hydrogens is 246 g/mol. The molecule has 0 radical (unpaired) electrons. The van der Waals surface area contributed by atoms with Gasteiger partial charge in [-0.15, -0.1) is 0 Å². The molecule has 2 rings (SSSR count). The summed E-state index contributed by atoms with van der Waals surface area (Å²) in [6.45, 7) is 0. The molecule has 0 heterocycles. The minimum absolute atomic E-state index is 0.201. The lowest BCUT2D eigenvalue weighted by atomic mass is 9.93. The smallest absolute Gasteiger partial charge is 0.252 e. The van der Waals surface area contributed by atoms with Gasteiger partial charge in [0.05, 0.1) is 0 Å². The van der Waals surface area contributed by atoms with Crippen LogP contribution in [0.25, 0.3) is 6.08 Å². The summed E-state index contributed by atoms with van der Waals surface area (Å²) in [5, 5.41) is 7.32. The average Bonchev–Trinajstić information content (AvgIpc) is 2.38. The molecule has 0 aromatic heterocycles. The van der Waals surface area contributed by atoms with Crippen molar-refractivity contribution in [3.05, 3.63) is 65.8 Å². The quantitative estimate of drug-likeness (QED) is 0.826. The fraction of sp³-hybridized carbons (Fsp3) is 0.0667. The number of hydrogen-bond acceptors (Lipinski definition) is 2. The van der Waals surface area contributed by atoms with E-state index in [1.54, 1.807) is 18.2 Å². The fourth-order valence-corrected chi connectivity index (χ4v) is 1.82. The van der Waals surface area contributed by atoms with Crippen molar-refractivity contribution >= 4 is 28.6 Å². The molecule has 1 aliphatic rings. The standard InChI is InChI=1S/C15H12ClNO/c16-15(18)13-8-9-14(17)12(10-13)7-6-11-4-2-1-3-5-11/h1-10,12,17H. The lowest BCUT2D eigenvalue weighted by Crippen LogP contribution is -2.11.